The first-order valence-corrected chi connectivity index (χ1v) is 8.72. The van der Waals surface area contributed by atoms with Crippen LogP contribution in [-0.2, 0) is 0 Å². The Balaban J connectivity index is 1.69. The Morgan fingerprint density at radius 1 is 1.16 bits per heavy atom. The Morgan fingerprint density at radius 3 is 2.72 bits per heavy atom. The van der Waals surface area contributed by atoms with Gasteiger partial charge < -0.3 is 5.32 Å². The number of carbonyl (C=O) groups excluding carboxylic acids is 1. The highest BCUT2D eigenvalue weighted by Crippen LogP contribution is 2.23. The summed E-state index contributed by atoms with van der Waals surface area (Å²) in [4.78, 5) is 30.7. The standard InChI is InChI=1S/C19H15N3O2S/c1-12(13-7-3-2-4-8-13)20-17(23)15-11-14-18(25-15)21-16-9-5-6-10-22(16)19(14)24/h2-12H,1H3,(H,20,23)/t12-/m1/s1. The average molecular weight is 349 g/mol. The van der Waals surface area contributed by atoms with Crippen LogP contribution in [0.3, 0.4) is 0 Å². The number of nitrogens with zero attached hydrogens (tertiary/aromatic N) is 2. The Morgan fingerprint density at radius 2 is 1.92 bits per heavy atom. The lowest BCUT2D eigenvalue weighted by atomic mass is 10.1. The number of benzene rings is 1. The van der Waals surface area contributed by atoms with Gasteiger partial charge in [0.2, 0.25) is 0 Å². The zero-order chi connectivity index (χ0) is 17.4. The molecule has 0 unspecified atom stereocenters. The molecule has 1 atom stereocenters. The van der Waals surface area contributed by atoms with E-state index in [-0.39, 0.29) is 17.5 Å². The van der Waals surface area contributed by atoms with E-state index in [2.05, 4.69) is 10.3 Å². The highest BCUT2D eigenvalue weighted by atomic mass is 32.1. The molecular weight excluding hydrogens is 334 g/mol. The van der Waals surface area contributed by atoms with Gasteiger partial charge >= 0.3 is 0 Å². The number of pyridine rings is 1. The zero-order valence-corrected chi connectivity index (χ0v) is 14.3. The van der Waals surface area contributed by atoms with Crippen molar-refractivity contribution >= 4 is 33.1 Å². The van der Waals surface area contributed by atoms with Gasteiger partial charge in [0.25, 0.3) is 11.5 Å². The van der Waals surface area contributed by atoms with E-state index in [9.17, 15) is 9.59 Å². The summed E-state index contributed by atoms with van der Waals surface area (Å²) in [6.07, 6.45) is 1.68. The molecule has 0 fully saturated rings. The quantitative estimate of drug-likeness (QED) is 0.616. The topological polar surface area (TPSA) is 63.5 Å². The van der Waals surface area contributed by atoms with Gasteiger partial charge in [-0.15, -0.1) is 11.3 Å². The molecule has 0 aliphatic carbocycles. The Labute approximate surface area is 147 Å². The number of fused-ring (bicyclic) bond motifs is 2. The van der Waals surface area contributed by atoms with Crippen molar-refractivity contribution in [3.05, 3.63) is 81.6 Å². The molecule has 0 aliphatic heterocycles. The molecule has 0 saturated carbocycles. The molecule has 0 spiro atoms. The summed E-state index contributed by atoms with van der Waals surface area (Å²) in [6.45, 7) is 1.93. The van der Waals surface area contributed by atoms with Crippen molar-refractivity contribution in [1.82, 2.24) is 14.7 Å². The van der Waals surface area contributed by atoms with Crippen molar-refractivity contribution in [2.45, 2.75) is 13.0 Å². The molecule has 0 aliphatic rings. The maximum Gasteiger partial charge on any atom is 0.266 e. The fourth-order valence-corrected chi connectivity index (χ4v) is 3.69. The third-order valence-corrected chi connectivity index (χ3v) is 5.11. The van der Waals surface area contributed by atoms with E-state index in [1.165, 1.54) is 15.7 Å². The van der Waals surface area contributed by atoms with Crippen LogP contribution in [0.15, 0.2) is 65.6 Å². The predicted molar refractivity (Wildman–Crippen MR) is 99.2 cm³/mol. The molecular formula is C19H15N3O2S. The molecule has 4 aromatic rings. The van der Waals surface area contributed by atoms with Crippen LogP contribution in [-0.4, -0.2) is 15.3 Å². The number of amides is 1. The molecule has 0 bridgehead atoms. The molecule has 4 rings (SSSR count). The third-order valence-electron chi connectivity index (χ3n) is 4.09. The molecule has 1 aromatic carbocycles. The number of hydrogen-bond acceptors (Lipinski definition) is 4. The summed E-state index contributed by atoms with van der Waals surface area (Å²) in [7, 11) is 0. The Hall–Kier alpha value is -2.99. The van der Waals surface area contributed by atoms with E-state index < -0.39 is 0 Å². The number of aromatic nitrogens is 2. The summed E-state index contributed by atoms with van der Waals surface area (Å²) in [5.74, 6) is -0.201. The number of thiophene rings is 1. The largest absolute Gasteiger partial charge is 0.345 e. The smallest absolute Gasteiger partial charge is 0.266 e. The Bertz CT molecular complexity index is 1130. The summed E-state index contributed by atoms with van der Waals surface area (Å²) < 4.78 is 1.49. The van der Waals surface area contributed by atoms with Crippen LogP contribution in [0.2, 0.25) is 0 Å². The lowest BCUT2D eigenvalue weighted by Gasteiger charge is -2.13. The first kappa shape index (κ1) is 15.5. The minimum atomic E-state index is -0.201. The summed E-state index contributed by atoms with van der Waals surface area (Å²) >= 11 is 1.24. The van der Waals surface area contributed by atoms with Crippen LogP contribution in [0.5, 0.6) is 0 Å². The van der Waals surface area contributed by atoms with Crippen LogP contribution in [0.1, 0.15) is 28.2 Å². The van der Waals surface area contributed by atoms with Crippen molar-refractivity contribution in [2.24, 2.45) is 0 Å². The van der Waals surface area contributed by atoms with Crippen LogP contribution < -0.4 is 10.9 Å². The van der Waals surface area contributed by atoms with Gasteiger partial charge in [0.15, 0.2) is 0 Å². The number of carbonyl (C=O) groups is 1. The fourth-order valence-electron chi connectivity index (χ4n) is 2.75. The normalized spacial score (nSPS) is 12.4. The van der Waals surface area contributed by atoms with Gasteiger partial charge in [0.1, 0.15) is 10.5 Å². The van der Waals surface area contributed by atoms with Gasteiger partial charge in [-0.2, -0.15) is 0 Å². The van der Waals surface area contributed by atoms with Crippen molar-refractivity contribution < 1.29 is 4.79 Å². The van der Waals surface area contributed by atoms with E-state index in [0.717, 1.165) is 5.56 Å². The summed E-state index contributed by atoms with van der Waals surface area (Å²) in [5.41, 5.74) is 1.44. The molecule has 1 amide bonds. The van der Waals surface area contributed by atoms with Crippen molar-refractivity contribution in [2.75, 3.05) is 0 Å². The molecule has 5 nitrogen and oxygen atoms in total. The van der Waals surface area contributed by atoms with E-state index in [0.29, 0.717) is 20.7 Å². The highest BCUT2D eigenvalue weighted by molar-refractivity contribution is 7.20. The summed E-state index contributed by atoms with van der Waals surface area (Å²) in [6, 6.07) is 16.6. The first-order valence-electron chi connectivity index (χ1n) is 7.90. The van der Waals surface area contributed by atoms with E-state index in [4.69, 9.17) is 0 Å². The molecule has 0 radical (unpaired) electrons. The number of nitrogens with one attached hydrogen (secondary N) is 1. The maximum absolute atomic E-state index is 12.6. The second-order valence-electron chi connectivity index (χ2n) is 5.78. The molecule has 0 saturated heterocycles. The SMILES string of the molecule is C[C@@H](NC(=O)c1cc2c(=O)n3ccccc3nc2s1)c1ccccc1. The molecule has 124 valence electrons. The summed E-state index contributed by atoms with van der Waals surface area (Å²) in [5, 5.41) is 3.43. The molecule has 3 heterocycles. The first-order chi connectivity index (χ1) is 12.1. The second-order valence-corrected chi connectivity index (χ2v) is 6.81. The van der Waals surface area contributed by atoms with Crippen LogP contribution in [0.4, 0.5) is 0 Å². The van der Waals surface area contributed by atoms with Crippen LogP contribution in [0, 0.1) is 0 Å². The maximum atomic E-state index is 12.6. The molecule has 6 heteroatoms. The van der Waals surface area contributed by atoms with Crippen LogP contribution in [0.25, 0.3) is 15.9 Å². The van der Waals surface area contributed by atoms with Gasteiger partial charge in [-0.05, 0) is 30.7 Å². The van der Waals surface area contributed by atoms with Crippen molar-refractivity contribution in [3.63, 3.8) is 0 Å². The molecule has 25 heavy (non-hydrogen) atoms. The monoisotopic (exact) mass is 349 g/mol. The minimum Gasteiger partial charge on any atom is -0.345 e. The predicted octanol–water partition coefficient (Wildman–Crippen LogP) is 3.40. The van der Waals surface area contributed by atoms with E-state index in [1.807, 2.05) is 43.3 Å². The van der Waals surface area contributed by atoms with Gasteiger partial charge in [0.05, 0.1) is 16.3 Å². The number of hydrogen-bond donors (Lipinski definition) is 1. The van der Waals surface area contributed by atoms with E-state index >= 15 is 0 Å². The zero-order valence-electron chi connectivity index (χ0n) is 13.5. The van der Waals surface area contributed by atoms with Gasteiger partial charge in [0, 0.05) is 6.20 Å². The lowest BCUT2D eigenvalue weighted by molar-refractivity contribution is 0.0944. The van der Waals surface area contributed by atoms with Crippen molar-refractivity contribution in [1.29, 1.82) is 0 Å². The number of rotatable bonds is 3. The van der Waals surface area contributed by atoms with Crippen molar-refractivity contribution in [3.8, 4) is 0 Å². The second kappa shape index (κ2) is 6.14. The van der Waals surface area contributed by atoms with Gasteiger partial charge in [-0.3, -0.25) is 14.0 Å². The average Bonchev–Trinajstić information content (AvgIpc) is 3.07. The van der Waals surface area contributed by atoms with Gasteiger partial charge in [-0.25, -0.2) is 4.98 Å². The third kappa shape index (κ3) is 2.81. The highest BCUT2D eigenvalue weighted by Gasteiger charge is 2.16. The fraction of sp³-hybridized carbons (Fsp3) is 0.105. The molecule has 3 aromatic heterocycles. The Kier molecular flexibility index (Phi) is 3.82. The lowest BCUT2D eigenvalue weighted by Crippen LogP contribution is -2.25. The minimum absolute atomic E-state index is 0.118. The molecule has 1 N–H and O–H groups in total. The van der Waals surface area contributed by atoms with Crippen LogP contribution >= 0.6 is 11.3 Å². The van der Waals surface area contributed by atoms with Gasteiger partial charge in [-0.1, -0.05) is 36.4 Å². The van der Waals surface area contributed by atoms with E-state index in [1.54, 1.807) is 24.4 Å².